The molecule has 4 rings (SSSR count). The van der Waals surface area contributed by atoms with Crippen molar-refractivity contribution in [3.05, 3.63) is 54.6 Å². The Kier molecular flexibility index (Phi) is 2.73. The molecule has 0 bridgehead atoms. The molecule has 0 N–H and O–H groups in total. The van der Waals surface area contributed by atoms with Gasteiger partial charge in [0.25, 0.3) is 12.2 Å². The Hall–Kier alpha value is -2.75. The SMILES string of the molecule is Cc1cc2c(cc1-c1ncnc[n+]1C)c1ccccc1n2C. The van der Waals surface area contributed by atoms with Crippen LogP contribution < -0.4 is 4.57 Å². The van der Waals surface area contributed by atoms with E-state index in [1.54, 1.807) is 12.7 Å². The maximum atomic E-state index is 4.45. The number of aryl methyl sites for hydroxylation is 3. The number of rotatable bonds is 1. The van der Waals surface area contributed by atoms with Crippen LogP contribution in [0.15, 0.2) is 49.1 Å². The van der Waals surface area contributed by atoms with Gasteiger partial charge >= 0.3 is 0 Å². The Balaban J connectivity index is 2.12. The van der Waals surface area contributed by atoms with Crippen LogP contribution in [0.2, 0.25) is 0 Å². The Morgan fingerprint density at radius 1 is 1.05 bits per heavy atom. The maximum absolute atomic E-state index is 4.45. The molecule has 0 aliphatic carbocycles. The third kappa shape index (κ3) is 1.73. The van der Waals surface area contributed by atoms with Crippen molar-refractivity contribution in [2.75, 3.05) is 0 Å². The molecule has 4 heteroatoms. The molecule has 0 aliphatic rings. The number of hydrogen-bond acceptors (Lipinski definition) is 2. The predicted molar refractivity (Wildman–Crippen MR) is 87.4 cm³/mol. The molecule has 0 amide bonds. The van der Waals surface area contributed by atoms with Crippen molar-refractivity contribution < 1.29 is 4.57 Å². The van der Waals surface area contributed by atoms with E-state index in [0.29, 0.717) is 0 Å². The molecule has 0 unspecified atom stereocenters. The third-order valence-corrected chi connectivity index (χ3v) is 4.32. The van der Waals surface area contributed by atoms with Crippen LogP contribution in [0.3, 0.4) is 0 Å². The summed E-state index contributed by atoms with van der Waals surface area (Å²) in [7, 11) is 4.09. The van der Waals surface area contributed by atoms with Gasteiger partial charge < -0.3 is 4.57 Å². The predicted octanol–water partition coefficient (Wildman–Crippen LogP) is 2.92. The summed E-state index contributed by atoms with van der Waals surface area (Å²) in [4.78, 5) is 8.51. The monoisotopic (exact) mass is 289 g/mol. The van der Waals surface area contributed by atoms with Crippen molar-refractivity contribution in [1.82, 2.24) is 14.5 Å². The molecule has 0 saturated heterocycles. The smallest absolute Gasteiger partial charge is 0.273 e. The minimum atomic E-state index is 0.933. The highest BCUT2D eigenvalue weighted by Gasteiger charge is 2.16. The summed E-state index contributed by atoms with van der Waals surface area (Å²) in [6.45, 7) is 2.13. The Labute approximate surface area is 128 Å². The van der Waals surface area contributed by atoms with E-state index in [-0.39, 0.29) is 0 Å². The number of aromatic nitrogens is 4. The second kappa shape index (κ2) is 4.63. The third-order valence-electron chi connectivity index (χ3n) is 4.32. The molecule has 4 aromatic rings. The minimum absolute atomic E-state index is 0.933. The van der Waals surface area contributed by atoms with Crippen LogP contribution in [0.1, 0.15) is 5.56 Å². The van der Waals surface area contributed by atoms with Gasteiger partial charge in [0, 0.05) is 28.9 Å². The van der Waals surface area contributed by atoms with Crippen molar-refractivity contribution in [2.45, 2.75) is 6.92 Å². The van der Waals surface area contributed by atoms with Gasteiger partial charge in [0.15, 0.2) is 0 Å². The van der Waals surface area contributed by atoms with Gasteiger partial charge in [-0.3, -0.25) is 0 Å². The molecule has 0 aliphatic heterocycles. The first-order valence-electron chi connectivity index (χ1n) is 7.30. The Morgan fingerprint density at radius 2 is 1.86 bits per heavy atom. The number of fused-ring (bicyclic) bond motifs is 3. The molecule has 0 radical (unpaired) electrons. The van der Waals surface area contributed by atoms with Gasteiger partial charge in [-0.15, -0.1) is 0 Å². The maximum Gasteiger partial charge on any atom is 0.273 e. The van der Waals surface area contributed by atoms with Gasteiger partial charge in [0.2, 0.25) is 6.33 Å². The molecule has 0 saturated carbocycles. The van der Waals surface area contributed by atoms with Crippen molar-refractivity contribution in [2.24, 2.45) is 14.1 Å². The zero-order valence-corrected chi connectivity index (χ0v) is 12.9. The molecule has 0 fully saturated rings. The van der Waals surface area contributed by atoms with E-state index in [1.165, 1.54) is 27.4 Å². The van der Waals surface area contributed by atoms with Crippen LogP contribution in [0, 0.1) is 6.92 Å². The zero-order valence-electron chi connectivity index (χ0n) is 12.9. The number of para-hydroxylation sites is 1. The van der Waals surface area contributed by atoms with Gasteiger partial charge in [-0.1, -0.05) is 28.2 Å². The quantitative estimate of drug-likeness (QED) is 0.505. The number of benzene rings is 2. The molecular formula is C18H17N4+. The summed E-state index contributed by atoms with van der Waals surface area (Å²) in [5.41, 5.74) is 4.86. The van der Waals surface area contributed by atoms with Crippen molar-refractivity contribution in [3.8, 4) is 11.4 Å². The van der Waals surface area contributed by atoms with Crippen LogP contribution >= 0.6 is 0 Å². The molecule has 2 aromatic carbocycles. The molecule has 0 spiro atoms. The minimum Gasteiger partial charge on any atom is -0.344 e. The summed E-state index contributed by atoms with van der Waals surface area (Å²) in [6.07, 6.45) is 3.39. The molecule has 2 heterocycles. The van der Waals surface area contributed by atoms with Gasteiger partial charge in [-0.25, -0.2) is 4.57 Å². The van der Waals surface area contributed by atoms with Gasteiger partial charge in [-0.05, 0) is 30.7 Å². The molecule has 2 aromatic heterocycles. The van der Waals surface area contributed by atoms with Crippen LogP contribution in [0.25, 0.3) is 33.2 Å². The average Bonchev–Trinajstić information content (AvgIpc) is 2.80. The van der Waals surface area contributed by atoms with Crippen molar-refractivity contribution in [3.63, 3.8) is 0 Å². The largest absolute Gasteiger partial charge is 0.344 e. The first-order valence-corrected chi connectivity index (χ1v) is 7.30. The lowest BCUT2D eigenvalue weighted by Crippen LogP contribution is -2.32. The lowest BCUT2D eigenvalue weighted by atomic mass is 10.0. The molecule has 0 atom stereocenters. The van der Waals surface area contributed by atoms with E-state index in [2.05, 4.69) is 64.9 Å². The summed E-state index contributed by atoms with van der Waals surface area (Å²) in [5.74, 6) is 0.933. The number of nitrogens with zero attached hydrogens (tertiary/aromatic N) is 4. The lowest BCUT2D eigenvalue weighted by molar-refractivity contribution is -0.666. The first kappa shape index (κ1) is 13.0. The van der Waals surface area contributed by atoms with E-state index in [0.717, 1.165) is 11.4 Å². The van der Waals surface area contributed by atoms with E-state index < -0.39 is 0 Å². The molecule has 4 nitrogen and oxygen atoms in total. The molecular weight excluding hydrogens is 272 g/mol. The highest BCUT2D eigenvalue weighted by Crippen LogP contribution is 2.32. The topological polar surface area (TPSA) is 34.6 Å². The summed E-state index contributed by atoms with van der Waals surface area (Å²) < 4.78 is 4.21. The lowest BCUT2D eigenvalue weighted by Gasteiger charge is -2.05. The number of hydrogen-bond donors (Lipinski definition) is 0. The Morgan fingerprint density at radius 3 is 2.68 bits per heavy atom. The van der Waals surface area contributed by atoms with Gasteiger partial charge in [-0.2, -0.15) is 0 Å². The average molecular weight is 289 g/mol. The van der Waals surface area contributed by atoms with E-state index in [1.807, 2.05) is 11.6 Å². The standard InChI is InChI=1S/C18H17N4/c1-12-8-17-15(13-6-4-5-7-16(13)22(17)3)9-14(12)18-20-10-19-11-21(18)2/h4-11H,1-3H3/q+1. The van der Waals surface area contributed by atoms with Crippen LogP contribution in [0.4, 0.5) is 0 Å². The highest BCUT2D eigenvalue weighted by atomic mass is 15.1. The normalized spacial score (nSPS) is 11.4. The molecule has 108 valence electrons. The summed E-state index contributed by atoms with van der Waals surface area (Å²) in [6, 6.07) is 13.0. The summed E-state index contributed by atoms with van der Waals surface area (Å²) in [5, 5.41) is 2.54. The van der Waals surface area contributed by atoms with E-state index in [4.69, 9.17) is 0 Å². The highest BCUT2D eigenvalue weighted by molar-refractivity contribution is 6.09. The van der Waals surface area contributed by atoms with Crippen molar-refractivity contribution in [1.29, 1.82) is 0 Å². The molecule has 22 heavy (non-hydrogen) atoms. The second-order valence-corrected chi connectivity index (χ2v) is 5.70. The van der Waals surface area contributed by atoms with Gasteiger partial charge in [0.05, 0.1) is 12.6 Å². The van der Waals surface area contributed by atoms with Crippen molar-refractivity contribution >= 4 is 21.8 Å². The fourth-order valence-electron chi connectivity index (χ4n) is 3.17. The van der Waals surface area contributed by atoms with E-state index >= 15 is 0 Å². The second-order valence-electron chi connectivity index (χ2n) is 5.70. The van der Waals surface area contributed by atoms with Gasteiger partial charge in [0.1, 0.15) is 0 Å². The fraction of sp³-hybridized carbons (Fsp3) is 0.167. The summed E-state index contributed by atoms with van der Waals surface area (Å²) >= 11 is 0. The Bertz CT molecular complexity index is 1010. The van der Waals surface area contributed by atoms with E-state index in [9.17, 15) is 0 Å². The first-order chi connectivity index (χ1) is 10.7. The van der Waals surface area contributed by atoms with Crippen LogP contribution in [-0.4, -0.2) is 14.5 Å². The van der Waals surface area contributed by atoms with Crippen LogP contribution in [-0.2, 0) is 14.1 Å². The fourth-order valence-corrected chi connectivity index (χ4v) is 3.17. The van der Waals surface area contributed by atoms with Crippen LogP contribution in [0.5, 0.6) is 0 Å². The zero-order chi connectivity index (χ0) is 15.3.